The molecule has 1 saturated heterocycles. The van der Waals surface area contributed by atoms with E-state index in [1.807, 2.05) is 25.1 Å². The predicted octanol–water partition coefficient (Wildman–Crippen LogP) is 3.79. The van der Waals surface area contributed by atoms with Crippen LogP contribution in [0.3, 0.4) is 0 Å². The van der Waals surface area contributed by atoms with E-state index in [4.69, 9.17) is 4.74 Å². The van der Waals surface area contributed by atoms with E-state index in [1.165, 1.54) is 4.90 Å². The highest BCUT2D eigenvalue weighted by Gasteiger charge is 2.61. The molecule has 0 aromatic heterocycles. The number of ketones is 1. The molecule has 1 heterocycles. The van der Waals surface area contributed by atoms with E-state index in [9.17, 15) is 14.4 Å². The van der Waals surface area contributed by atoms with Crippen LogP contribution in [0.25, 0.3) is 0 Å². The number of nitrogens with zero attached hydrogens (tertiary/aromatic N) is 1. The van der Waals surface area contributed by atoms with Crippen molar-refractivity contribution in [2.75, 3.05) is 11.5 Å². The number of ether oxygens (including phenoxy) is 1. The predicted molar refractivity (Wildman–Crippen MR) is 108 cm³/mol. The maximum absolute atomic E-state index is 13.0. The number of benzene rings is 2. The SMILES string of the molecule is Cc1cc(OCC(=O)c2ccccc2)ccc1N1C(=O)[C@H]2[C@@H]3CC[C@@H](C3)[C@@H]2C1=O. The first-order valence-electron chi connectivity index (χ1n) is 10.2. The van der Waals surface area contributed by atoms with Gasteiger partial charge in [-0.05, 0) is 61.8 Å². The van der Waals surface area contributed by atoms with Gasteiger partial charge in [0.1, 0.15) is 5.75 Å². The van der Waals surface area contributed by atoms with Crippen molar-refractivity contribution in [3.05, 3.63) is 59.7 Å². The number of Topliss-reactive ketones (excluding diaryl/α,β-unsaturated/α-hetero) is 1. The van der Waals surface area contributed by atoms with Crippen molar-refractivity contribution in [2.24, 2.45) is 23.7 Å². The summed E-state index contributed by atoms with van der Waals surface area (Å²) in [6.07, 6.45) is 3.17. The van der Waals surface area contributed by atoms with Crippen LogP contribution in [-0.4, -0.2) is 24.2 Å². The minimum atomic E-state index is -0.125. The van der Waals surface area contributed by atoms with Crippen LogP contribution in [0.15, 0.2) is 48.5 Å². The third-order valence-corrected chi connectivity index (χ3v) is 6.80. The summed E-state index contributed by atoms with van der Waals surface area (Å²) in [7, 11) is 0. The molecule has 0 radical (unpaired) electrons. The van der Waals surface area contributed by atoms with Crippen molar-refractivity contribution < 1.29 is 19.1 Å². The highest BCUT2D eigenvalue weighted by atomic mass is 16.5. The van der Waals surface area contributed by atoms with Gasteiger partial charge in [-0.1, -0.05) is 30.3 Å². The van der Waals surface area contributed by atoms with Crippen LogP contribution in [-0.2, 0) is 9.59 Å². The number of amides is 2. The van der Waals surface area contributed by atoms with Crippen LogP contribution in [0.2, 0.25) is 0 Å². The monoisotopic (exact) mass is 389 g/mol. The number of hydrogen-bond acceptors (Lipinski definition) is 4. The molecular formula is C24H23NO4. The molecule has 148 valence electrons. The zero-order chi connectivity index (χ0) is 20.1. The molecule has 3 aliphatic rings. The van der Waals surface area contributed by atoms with Gasteiger partial charge in [0, 0.05) is 5.56 Å². The normalized spacial score (nSPS) is 27.4. The molecule has 4 atom stereocenters. The summed E-state index contributed by atoms with van der Waals surface area (Å²) in [5.74, 6) is 0.874. The largest absolute Gasteiger partial charge is 0.485 e. The maximum atomic E-state index is 13.0. The van der Waals surface area contributed by atoms with Crippen molar-refractivity contribution in [3.8, 4) is 5.75 Å². The molecule has 2 aliphatic carbocycles. The van der Waals surface area contributed by atoms with Crippen molar-refractivity contribution in [2.45, 2.75) is 26.2 Å². The molecule has 2 amide bonds. The smallest absolute Gasteiger partial charge is 0.237 e. The molecule has 5 heteroatoms. The molecule has 5 nitrogen and oxygen atoms in total. The summed E-state index contributed by atoms with van der Waals surface area (Å²) in [5, 5.41) is 0. The highest BCUT2D eigenvalue weighted by Crippen LogP contribution is 2.56. The Bertz CT molecular complexity index is 971. The fraction of sp³-hybridized carbons (Fsp3) is 0.375. The van der Waals surface area contributed by atoms with E-state index in [2.05, 4.69) is 0 Å². The Kier molecular flexibility index (Phi) is 4.26. The van der Waals surface area contributed by atoms with Crippen LogP contribution in [0, 0.1) is 30.6 Å². The van der Waals surface area contributed by atoms with E-state index < -0.39 is 0 Å². The summed E-state index contributed by atoms with van der Waals surface area (Å²) >= 11 is 0. The first-order valence-corrected chi connectivity index (χ1v) is 10.2. The molecular weight excluding hydrogens is 366 g/mol. The Morgan fingerprint density at radius 2 is 1.66 bits per heavy atom. The second kappa shape index (κ2) is 6.83. The summed E-state index contributed by atoms with van der Waals surface area (Å²) in [5.41, 5.74) is 2.04. The van der Waals surface area contributed by atoms with Gasteiger partial charge in [0.15, 0.2) is 12.4 Å². The second-order valence-electron chi connectivity index (χ2n) is 8.42. The Hall–Kier alpha value is -2.95. The molecule has 2 bridgehead atoms. The van der Waals surface area contributed by atoms with Crippen LogP contribution >= 0.6 is 0 Å². The number of rotatable bonds is 5. The average molecular weight is 389 g/mol. The summed E-state index contributed by atoms with van der Waals surface area (Å²) in [6, 6.07) is 14.3. The molecule has 1 aliphatic heterocycles. The Morgan fingerprint density at radius 3 is 2.28 bits per heavy atom. The number of fused-ring (bicyclic) bond motifs is 5. The summed E-state index contributed by atoms with van der Waals surface area (Å²) < 4.78 is 5.66. The molecule has 2 saturated carbocycles. The van der Waals surface area contributed by atoms with E-state index >= 15 is 0 Å². The molecule has 0 spiro atoms. The lowest BCUT2D eigenvalue weighted by Gasteiger charge is -2.20. The minimum Gasteiger partial charge on any atom is -0.485 e. The number of hydrogen-bond donors (Lipinski definition) is 0. The molecule has 2 aromatic carbocycles. The van der Waals surface area contributed by atoms with Crippen LogP contribution in [0.4, 0.5) is 5.69 Å². The molecule has 2 aromatic rings. The van der Waals surface area contributed by atoms with Crippen molar-refractivity contribution in [1.82, 2.24) is 0 Å². The quantitative estimate of drug-likeness (QED) is 0.577. The van der Waals surface area contributed by atoms with E-state index in [-0.39, 0.29) is 36.0 Å². The zero-order valence-corrected chi connectivity index (χ0v) is 16.3. The van der Waals surface area contributed by atoms with Crippen molar-refractivity contribution in [1.29, 1.82) is 0 Å². The number of aryl methyl sites for hydroxylation is 1. The molecule has 0 N–H and O–H groups in total. The van der Waals surface area contributed by atoms with Crippen LogP contribution in [0.1, 0.15) is 35.2 Å². The Morgan fingerprint density at radius 1 is 1.00 bits per heavy atom. The second-order valence-corrected chi connectivity index (χ2v) is 8.42. The van der Waals surface area contributed by atoms with Gasteiger partial charge >= 0.3 is 0 Å². The first kappa shape index (κ1) is 18.1. The van der Waals surface area contributed by atoms with Gasteiger partial charge in [-0.25, -0.2) is 4.90 Å². The number of anilines is 1. The summed E-state index contributed by atoms with van der Waals surface area (Å²) in [4.78, 5) is 39.7. The molecule has 5 rings (SSSR count). The van der Waals surface area contributed by atoms with E-state index in [0.717, 1.165) is 24.8 Å². The van der Waals surface area contributed by atoms with E-state index in [0.29, 0.717) is 28.8 Å². The standard InChI is InChI=1S/C24H23NO4/c1-14-11-18(29-13-20(26)15-5-3-2-4-6-15)9-10-19(14)25-23(27)21-16-7-8-17(12-16)22(21)24(25)28/h2-6,9-11,16-17,21-22H,7-8,12-13H2,1H3/t16-,17+,21-,22-/m0/s1. The van der Waals surface area contributed by atoms with Crippen molar-refractivity contribution >= 4 is 23.3 Å². The van der Waals surface area contributed by atoms with Gasteiger partial charge in [0.25, 0.3) is 0 Å². The Balaban J connectivity index is 1.32. The molecule has 3 fully saturated rings. The summed E-state index contributed by atoms with van der Waals surface area (Å²) in [6.45, 7) is 1.81. The van der Waals surface area contributed by atoms with Crippen molar-refractivity contribution in [3.63, 3.8) is 0 Å². The first-order chi connectivity index (χ1) is 14.0. The number of carbonyl (C=O) groups excluding carboxylic acids is 3. The lowest BCUT2D eigenvalue weighted by molar-refractivity contribution is -0.123. The highest BCUT2D eigenvalue weighted by molar-refractivity contribution is 6.23. The fourth-order valence-corrected chi connectivity index (χ4v) is 5.47. The average Bonchev–Trinajstić information content (AvgIpc) is 3.41. The van der Waals surface area contributed by atoms with Gasteiger partial charge in [-0.3, -0.25) is 14.4 Å². The fourth-order valence-electron chi connectivity index (χ4n) is 5.47. The van der Waals surface area contributed by atoms with Gasteiger partial charge in [0.05, 0.1) is 17.5 Å². The van der Waals surface area contributed by atoms with Gasteiger partial charge in [0.2, 0.25) is 11.8 Å². The van der Waals surface area contributed by atoms with Crippen LogP contribution < -0.4 is 9.64 Å². The van der Waals surface area contributed by atoms with Crippen LogP contribution in [0.5, 0.6) is 5.75 Å². The van der Waals surface area contributed by atoms with Gasteiger partial charge in [-0.15, -0.1) is 0 Å². The molecule has 0 unspecified atom stereocenters. The maximum Gasteiger partial charge on any atom is 0.237 e. The lowest BCUT2D eigenvalue weighted by atomic mass is 9.81. The zero-order valence-electron chi connectivity index (χ0n) is 16.3. The number of carbonyl (C=O) groups is 3. The van der Waals surface area contributed by atoms with Gasteiger partial charge < -0.3 is 4.74 Å². The third kappa shape index (κ3) is 2.87. The molecule has 29 heavy (non-hydrogen) atoms. The Labute approximate surface area is 169 Å². The van der Waals surface area contributed by atoms with Gasteiger partial charge in [-0.2, -0.15) is 0 Å². The topological polar surface area (TPSA) is 63.7 Å². The van der Waals surface area contributed by atoms with E-state index in [1.54, 1.807) is 30.3 Å². The third-order valence-electron chi connectivity index (χ3n) is 6.80. The number of imide groups is 1. The lowest BCUT2D eigenvalue weighted by Crippen LogP contribution is -2.33. The minimum absolute atomic E-state index is 0.0387.